The van der Waals surface area contributed by atoms with Crippen LogP contribution in [0.15, 0.2) is 30.3 Å². The molecular formula is C21H33N3O3. The molecule has 6 heteroatoms. The average Bonchev–Trinajstić information content (AvgIpc) is 2.71. The molecule has 6 nitrogen and oxygen atoms in total. The van der Waals surface area contributed by atoms with Crippen molar-refractivity contribution >= 4 is 24.1 Å². The van der Waals surface area contributed by atoms with Gasteiger partial charge in [-0.15, -0.1) is 0 Å². The minimum atomic E-state index is 0.645. The number of nitrogens with zero attached hydrogens (tertiary/aromatic N) is 1. The van der Waals surface area contributed by atoms with E-state index in [0.29, 0.717) is 6.54 Å². The van der Waals surface area contributed by atoms with Crippen molar-refractivity contribution in [2.75, 3.05) is 38.6 Å². The smallest absolute Gasteiger partial charge is 0.207 e. The van der Waals surface area contributed by atoms with Crippen LogP contribution >= 0.6 is 0 Å². The number of aldehydes is 1. The van der Waals surface area contributed by atoms with Gasteiger partial charge in [-0.2, -0.15) is 0 Å². The highest BCUT2D eigenvalue weighted by Crippen LogP contribution is 2.22. The van der Waals surface area contributed by atoms with Gasteiger partial charge in [0.2, 0.25) is 6.41 Å². The first-order valence-electron chi connectivity index (χ1n) is 9.72. The maximum absolute atomic E-state index is 10.3. The van der Waals surface area contributed by atoms with Crippen molar-refractivity contribution < 1.29 is 14.3 Å². The summed E-state index contributed by atoms with van der Waals surface area (Å²) < 4.78 is 5.40. The van der Waals surface area contributed by atoms with Crippen molar-refractivity contribution in [3.05, 3.63) is 35.9 Å². The molecule has 1 aromatic carbocycles. The van der Waals surface area contributed by atoms with Crippen LogP contribution in [0.1, 0.15) is 44.6 Å². The van der Waals surface area contributed by atoms with Gasteiger partial charge in [0.1, 0.15) is 6.29 Å². The van der Waals surface area contributed by atoms with E-state index >= 15 is 0 Å². The Morgan fingerprint density at radius 2 is 1.85 bits per heavy atom. The van der Waals surface area contributed by atoms with Crippen LogP contribution in [-0.4, -0.2) is 50.4 Å². The van der Waals surface area contributed by atoms with E-state index in [1.807, 2.05) is 24.3 Å². The highest BCUT2D eigenvalue weighted by molar-refractivity contribution is 5.65. The molecule has 150 valence electrons. The molecule has 0 spiro atoms. The van der Waals surface area contributed by atoms with Gasteiger partial charge in [0.05, 0.1) is 13.2 Å². The topological polar surface area (TPSA) is 84.7 Å². The summed E-state index contributed by atoms with van der Waals surface area (Å²) in [5.41, 5.74) is 8.83. The van der Waals surface area contributed by atoms with Gasteiger partial charge < -0.3 is 25.5 Å². The molecule has 2 rings (SSSR count). The predicted molar refractivity (Wildman–Crippen MR) is 110 cm³/mol. The average molecular weight is 376 g/mol. The number of ether oxygens (including phenoxy) is 1. The lowest BCUT2D eigenvalue weighted by atomic mass is 10.1. The van der Waals surface area contributed by atoms with Crippen molar-refractivity contribution in [2.24, 2.45) is 0 Å². The van der Waals surface area contributed by atoms with Gasteiger partial charge >= 0.3 is 0 Å². The van der Waals surface area contributed by atoms with E-state index in [1.54, 1.807) is 0 Å². The molecule has 0 bridgehead atoms. The molecule has 1 aliphatic heterocycles. The van der Waals surface area contributed by atoms with E-state index in [9.17, 15) is 9.59 Å². The molecule has 1 aromatic rings. The lowest BCUT2D eigenvalue weighted by Crippen LogP contribution is -2.35. The number of hydrogen-bond acceptors (Lipinski definition) is 5. The van der Waals surface area contributed by atoms with Crippen LogP contribution in [0.25, 0.3) is 5.70 Å². The number of carbonyl (C=O) groups is 2. The number of nitrogens with two attached hydrogens (primary N) is 1. The van der Waals surface area contributed by atoms with Crippen molar-refractivity contribution in [3.63, 3.8) is 0 Å². The second-order valence-electron chi connectivity index (χ2n) is 6.33. The number of nitrogens with one attached hydrogen (secondary N) is 1. The maximum atomic E-state index is 10.3. The van der Waals surface area contributed by atoms with Gasteiger partial charge in [-0.3, -0.25) is 4.79 Å². The summed E-state index contributed by atoms with van der Waals surface area (Å²) in [5, 5.41) is 2.68. The Morgan fingerprint density at radius 3 is 2.44 bits per heavy atom. The molecule has 1 saturated heterocycles. The summed E-state index contributed by atoms with van der Waals surface area (Å²) >= 11 is 0. The van der Waals surface area contributed by atoms with Crippen LogP contribution in [0.3, 0.4) is 0 Å². The molecule has 27 heavy (non-hydrogen) atoms. The third kappa shape index (κ3) is 9.80. The van der Waals surface area contributed by atoms with Gasteiger partial charge in [-0.25, -0.2) is 0 Å². The Morgan fingerprint density at radius 1 is 1.15 bits per heavy atom. The van der Waals surface area contributed by atoms with E-state index in [2.05, 4.69) is 23.2 Å². The van der Waals surface area contributed by atoms with Crippen molar-refractivity contribution in [1.29, 1.82) is 0 Å². The lowest BCUT2D eigenvalue weighted by Gasteiger charge is -2.31. The number of carbonyl (C=O) groups excluding carboxylic acids is 2. The van der Waals surface area contributed by atoms with Gasteiger partial charge in [0.15, 0.2) is 0 Å². The quantitative estimate of drug-likeness (QED) is 0.373. The fourth-order valence-electron chi connectivity index (χ4n) is 2.72. The van der Waals surface area contributed by atoms with Crippen LogP contribution in [0.4, 0.5) is 5.69 Å². The third-order valence-corrected chi connectivity index (χ3v) is 4.19. The van der Waals surface area contributed by atoms with Gasteiger partial charge in [0.25, 0.3) is 0 Å². The Balaban J connectivity index is 0.000000445. The van der Waals surface area contributed by atoms with Crippen LogP contribution in [0.2, 0.25) is 0 Å². The number of amides is 1. The standard InChI is InChI=1S/C15H21N3O2.C6H12O/c16-14-5-3-13(4-6-14)15(2-1-7-17-12-19)18-8-10-20-11-9-18;1-2-3-4-5-6-7/h2-6,12H,1,7-11,16H2,(H,17,19);6H,2-5H2,1H3/b15-2+;. The zero-order valence-electron chi connectivity index (χ0n) is 16.4. The van der Waals surface area contributed by atoms with E-state index < -0.39 is 0 Å². The Hall–Kier alpha value is -2.34. The first-order chi connectivity index (χ1) is 13.2. The highest BCUT2D eigenvalue weighted by Gasteiger charge is 2.14. The van der Waals surface area contributed by atoms with Gasteiger partial charge in [0, 0.05) is 37.4 Å². The first kappa shape index (κ1) is 22.7. The number of anilines is 1. The fourth-order valence-corrected chi connectivity index (χ4v) is 2.72. The molecule has 1 fully saturated rings. The summed E-state index contributed by atoms with van der Waals surface area (Å²) in [5.74, 6) is 0. The normalized spacial score (nSPS) is 14.1. The van der Waals surface area contributed by atoms with E-state index in [-0.39, 0.29) is 0 Å². The summed E-state index contributed by atoms with van der Waals surface area (Å²) in [6, 6.07) is 7.88. The van der Waals surface area contributed by atoms with Crippen molar-refractivity contribution in [2.45, 2.75) is 39.0 Å². The zero-order valence-corrected chi connectivity index (χ0v) is 16.4. The number of nitrogen functional groups attached to an aromatic ring is 1. The fraction of sp³-hybridized carbons (Fsp3) is 0.524. The molecule has 0 radical (unpaired) electrons. The van der Waals surface area contributed by atoms with Crippen LogP contribution in [-0.2, 0) is 14.3 Å². The number of hydrogen-bond donors (Lipinski definition) is 2. The maximum Gasteiger partial charge on any atom is 0.207 e. The third-order valence-electron chi connectivity index (χ3n) is 4.19. The highest BCUT2D eigenvalue weighted by atomic mass is 16.5. The molecule has 3 N–H and O–H groups in total. The minimum Gasteiger partial charge on any atom is -0.399 e. The monoisotopic (exact) mass is 375 g/mol. The molecule has 1 heterocycles. The van der Waals surface area contributed by atoms with Crippen LogP contribution in [0, 0.1) is 0 Å². The Kier molecular flexibility index (Phi) is 12.4. The number of rotatable bonds is 10. The second kappa shape index (κ2) is 14.8. The second-order valence-corrected chi connectivity index (χ2v) is 6.33. The SMILES string of the molecule is CCCCCC=O.Nc1ccc(/C(=C\CCNC=O)N2CCOCC2)cc1. The number of benzene rings is 1. The first-order valence-corrected chi connectivity index (χ1v) is 9.72. The predicted octanol–water partition coefficient (Wildman–Crippen LogP) is 2.84. The van der Waals surface area contributed by atoms with Crippen LogP contribution < -0.4 is 11.1 Å². The molecule has 0 aromatic heterocycles. The van der Waals surface area contributed by atoms with Gasteiger partial charge in [-0.1, -0.05) is 38.0 Å². The zero-order chi connectivity index (χ0) is 19.7. The van der Waals surface area contributed by atoms with Gasteiger partial charge in [-0.05, 0) is 30.5 Å². The van der Waals surface area contributed by atoms with E-state index in [4.69, 9.17) is 10.5 Å². The van der Waals surface area contributed by atoms with Crippen molar-refractivity contribution in [3.8, 4) is 0 Å². The number of morpholine rings is 1. The molecule has 0 aliphatic carbocycles. The summed E-state index contributed by atoms with van der Waals surface area (Å²) in [6.07, 6.45) is 8.88. The van der Waals surface area contributed by atoms with E-state index in [0.717, 1.165) is 69.5 Å². The minimum absolute atomic E-state index is 0.645. The lowest BCUT2D eigenvalue weighted by molar-refractivity contribution is -0.109. The summed E-state index contributed by atoms with van der Waals surface area (Å²) in [6.45, 7) is 6.05. The number of unbranched alkanes of at least 4 members (excludes halogenated alkanes) is 3. The Bertz CT molecular complexity index is 552. The summed E-state index contributed by atoms with van der Waals surface area (Å²) in [7, 11) is 0. The van der Waals surface area contributed by atoms with Crippen molar-refractivity contribution in [1.82, 2.24) is 10.2 Å². The van der Waals surface area contributed by atoms with Crippen LogP contribution in [0.5, 0.6) is 0 Å². The molecule has 0 atom stereocenters. The largest absolute Gasteiger partial charge is 0.399 e. The van der Waals surface area contributed by atoms with E-state index in [1.165, 1.54) is 18.5 Å². The summed E-state index contributed by atoms with van der Waals surface area (Å²) in [4.78, 5) is 22.3. The molecule has 0 unspecified atom stereocenters. The molecule has 1 aliphatic rings. The molecule has 0 saturated carbocycles. The Labute approximate surface area is 162 Å². The molecular weight excluding hydrogens is 342 g/mol. The molecule has 1 amide bonds.